The van der Waals surface area contributed by atoms with Crippen LogP contribution in [0.15, 0.2) is 34.2 Å². The molecule has 0 spiro atoms. The summed E-state index contributed by atoms with van der Waals surface area (Å²) in [5.74, 6) is -0.252. The van der Waals surface area contributed by atoms with Crippen LogP contribution in [0.2, 0.25) is 0 Å². The summed E-state index contributed by atoms with van der Waals surface area (Å²) in [7, 11) is 2.70. The fourth-order valence-electron chi connectivity index (χ4n) is 2.35. The molecule has 7 nitrogen and oxygen atoms in total. The maximum Gasteiger partial charge on any atom is 0.328 e. The number of ether oxygens (including phenoxy) is 3. The minimum Gasteiger partial charge on any atom is -0.493 e. The molecular weight excluding hydrogens is 438 g/mol. The van der Waals surface area contributed by atoms with Crippen LogP contribution >= 0.6 is 27.7 Å². The second-order valence-corrected chi connectivity index (χ2v) is 7.23. The molecule has 0 bridgehead atoms. The van der Waals surface area contributed by atoms with Crippen LogP contribution in [0.4, 0.5) is 4.79 Å². The van der Waals surface area contributed by atoms with Crippen LogP contribution in [0.1, 0.15) is 12.5 Å². The second kappa shape index (κ2) is 9.09. The monoisotopic (exact) mass is 455 g/mol. The molecule has 1 aromatic carbocycles. The highest BCUT2D eigenvalue weighted by Gasteiger charge is 2.41. The van der Waals surface area contributed by atoms with Gasteiger partial charge >= 0.3 is 5.97 Å². The van der Waals surface area contributed by atoms with E-state index < -0.39 is 23.2 Å². The van der Waals surface area contributed by atoms with Gasteiger partial charge in [0, 0.05) is 0 Å². The van der Waals surface area contributed by atoms with Gasteiger partial charge in [0.15, 0.2) is 11.5 Å². The lowest BCUT2D eigenvalue weighted by Gasteiger charge is -2.18. The van der Waals surface area contributed by atoms with Crippen molar-refractivity contribution in [3.05, 3.63) is 39.7 Å². The van der Waals surface area contributed by atoms with E-state index in [2.05, 4.69) is 27.2 Å². The Morgan fingerprint density at radius 1 is 1.37 bits per heavy atom. The highest BCUT2D eigenvalue weighted by molar-refractivity contribution is 9.10. The fraction of sp³-hybridized carbons (Fsp3) is 0.278. The Morgan fingerprint density at radius 2 is 2.07 bits per heavy atom. The molecular formula is C18H18BrNO6S. The Bertz CT molecular complexity index is 822. The third kappa shape index (κ3) is 4.54. The topological polar surface area (TPSA) is 82.1 Å². The number of rotatable bonds is 7. The fourth-order valence-corrected chi connectivity index (χ4v) is 3.83. The van der Waals surface area contributed by atoms with Crippen LogP contribution < -0.4 is 9.47 Å². The molecule has 0 N–H and O–H groups in total. The van der Waals surface area contributed by atoms with Gasteiger partial charge in [-0.05, 0) is 58.4 Å². The molecule has 0 radical (unpaired) electrons. The van der Waals surface area contributed by atoms with E-state index in [1.54, 1.807) is 24.3 Å². The first-order chi connectivity index (χ1) is 12.8. The Labute approximate surface area is 169 Å². The Morgan fingerprint density at radius 3 is 2.67 bits per heavy atom. The van der Waals surface area contributed by atoms with Crippen LogP contribution in [0, 0.1) is 0 Å². The molecule has 1 aliphatic heterocycles. The van der Waals surface area contributed by atoms with Gasteiger partial charge in [0.1, 0.15) is 12.6 Å². The molecule has 0 aliphatic carbocycles. The average molecular weight is 456 g/mol. The van der Waals surface area contributed by atoms with E-state index in [1.165, 1.54) is 21.1 Å². The largest absolute Gasteiger partial charge is 0.493 e. The zero-order valence-corrected chi connectivity index (χ0v) is 17.4. The van der Waals surface area contributed by atoms with E-state index in [4.69, 9.17) is 9.47 Å². The molecule has 1 atom stereocenters. The first-order valence-electron chi connectivity index (χ1n) is 7.80. The van der Waals surface area contributed by atoms with Crippen LogP contribution in [0.5, 0.6) is 11.5 Å². The van der Waals surface area contributed by atoms with E-state index in [0.717, 1.165) is 16.7 Å². The molecule has 1 aliphatic rings. The SMILES string of the molecule is C=CCOc1c(Br)cc(/C=C2/SC(=O)N([C@H](C)C(=O)OC)C2=O)cc1OC. The Kier molecular flexibility index (Phi) is 7.09. The van der Waals surface area contributed by atoms with Crippen molar-refractivity contribution in [1.82, 2.24) is 4.90 Å². The summed E-state index contributed by atoms with van der Waals surface area (Å²) in [6.45, 7) is 5.35. The van der Waals surface area contributed by atoms with Crippen molar-refractivity contribution in [3.63, 3.8) is 0 Å². The van der Waals surface area contributed by atoms with Crippen molar-refractivity contribution in [1.29, 1.82) is 0 Å². The predicted molar refractivity (Wildman–Crippen MR) is 106 cm³/mol. The van der Waals surface area contributed by atoms with E-state index in [1.807, 2.05) is 0 Å². The maximum absolute atomic E-state index is 12.6. The molecule has 27 heavy (non-hydrogen) atoms. The lowest BCUT2D eigenvalue weighted by Crippen LogP contribution is -2.42. The summed E-state index contributed by atoms with van der Waals surface area (Å²) in [6.07, 6.45) is 3.16. The van der Waals surface area contributed by atoms with Gasteiger partial charge in [-0.2, -0.15) is 0 Å². The van der Waals surface area contributed by atoms with Gasteiger partial charge in [0.25, 0.3) is 11.1 Å². The summed E-state index contributed by atoms with van der Waals surface area (Å²) < 4.78 is 16.1. The van der Waals surface area contributed by atoms with Crippen molar-refractivity contribution in [2.45, 2.75) is 13.0 Å². The van der Waals surface area contributed by atoms with E-state index in [-0.39, 0.29) is 4.91 Å². The molecule has 2 rings (SSSR count). The summed E-state index contributed by atoms with van der Waals surface area (Å²) >= 11 is 4.17. The molecule has 1 fully saturated rings. The number of hydrogen-bond donors (Lipinski definition) is 0. The van der Waals surface area contributed by atoms with Crippen molar-refractivity contribution >= 4 is 50.9 Å². The van der Waals surface area contributed by atoms with E-state index in [9.17, 15) is 14.4 Å². The summed E-state index contributed by atoms with van der Waals surface area (Å²) in [5.41, 5.74) is 0.626. The smallest absolute Gasteiger partial charge is 0.328 e. The standard InChI is InChI=1S/C18H18BrNO6S/c1-5-6-26-15-12(19)7-11(8-13(15)24-3)9-14-16(21)20(18(23)27-14)10(2)17(22)25-4/h5,7-10H,1,6H2,2-4H3/b14-9+/t10-/m1/s1. The number of imide groups is 1. The molecule has 1 heterocycles. The van der Waals surface area contributed by atoms with Gasteiger partial charge in [-0.1, -0.05) is 12.7 Å². The zero-order valence-electron chi connectivity index (χ0n) is 15.0. The lowest BCUT2D eigenvalue weighted by molar-refractivity contribution is -0.148. The number of hydrogen-bond acceptors (Lipinski definition) is 7. The number of methoxy groups -OCH3 is 2. The third-order valence-electron chi connectivity index (χ3n) is 3.65. The summed E-state index contributed by atoms with van der Waals surface area (Å²) in [5, 5.41) is -0.527. The van der Waals surface area contributed by atoms with Gasteiger partial charge < -0.3 is 14.2 Å². The number of carbonyl (C=O) groups excluding carboxylic acids is 3. The van der Waals surface area contributed by atoms with Gasteiger partial charge in [0.05, 0.1) is 23.6 Å². The molecule has 0 saturated carbocycles. The lowest BCUT2D eigenvalue weighted by atomic mass is 10.1. The summed E-state index contributed by atoms with van der Waals surface area (Å²) in [6, 6.07) is 2.42. The molecule has 0 aromatic heterocycles. The van der Waals surface area contributed by atoms with Gasteiger partial charge in [-0.25, -0.2) is 4.79 Å². The second-order valence-electron chi connectivity index (χ2n) is 5.38. The van der Waals surface area contributed by atoms with Crippen molar-refractivity contribution in [2.75, 3.05) is 20.8 Å². The quantitative estimate of drug-likeness (QED) is 0.352. The number of benzene rings is 1. The number of carbonyl (C=O) groups is 3. The van der Waals surface area contributed by atoms with Gasteiger partial charge in [-0.15, -0.1) is 0 Å². The van der Waals surface area contributed by atoms with Crippen LogP contribution in [0.3, 0.4) is 0 Å². The Balaban J connectivity index is 2.35. The normalized spacial score (nSPS) is 16.4. The van der Waals surface area contributed by atoms with Crippen molar-refractivity contribution < 1.29 is 28.6 Å². The number of esters is 1. The highest BCUT2D eigenvalue weighted by atomic mass is 79.9. The number of thioether (sulfide) groups is 1. The number of amides is 2. The number of halogens is 1. The first kappa shape index (κ1) is 21.0. The zero-order chi connectivity index (χ0) is 20.1. The molecule has 1 saturated heterocycles. The van der Waals surface area contributed by atoms with Crippen LogP contribution in [0.25, 0.3) is 6.08 Å². The molecule has 1 aromatic rings. The van der Waals surface area contributed by atoms with Crippen LogP contribution in [-0.2, 0) is 14.3 Å². The maximum atomic E-state index is 12.6. The van der Waals surface area contributed by atoms with Gasteiger partial charge in [-0.3, -0.25) is 14.5 Å². The van der Waals surface area contributed by atoms with E-state index in [0.29, 0.717) is 28.1 Å². The average Bonchev–Trinajstić information content (AvgIpc) is 2.92. The van der Waals surface area contributed by atoms with Crippen LogP contribution in [-0.4, -0.2) is 48.9 Å². The highest BCUT2D eigenvalue weighted by Crippen LogP contribution is 2.39. The number of nitrogens with zero attached hydrogens (tertiary/aromatic N) is 1. The van der Waals surface area contributed by atoms with Crippen molar-refractivity contribution in [3.8, 4) is 11.5 Å². The van der Waals surface area contributed by atoms with Crippen molar-refractivity contribution in [2.24, 2.45) is 0 Å². The molecule has 144 valence electrons. The molecule has 9 heteroatoms. The predicted octanol–water partition coefficient (Wildman–Crippen LogP) is 3.62. The third-order valence-corrected chi connectivity index (χ3v) is 5.12. The minimum atomic E-state index is -0.996. The minimum absolute atomic E-state index is 0.199. The Hall–Kier alpha value is -2.26. The van der Waals surface area contributed by atoms with Gasteiger partial charge in [0.2, 0.25) is 0 Å². The molecule has 0 unspecified atom stereocenters. The van der Waals surface area contributed by atoms with E-state index >= 15 is 0 Å². The summed E-state index contributed by atoms with van der Waals surface area (Å²) in [4.78, 5) is 37.5. The molecule has 2 amide bonds. The first-order valence-corrected chi connectivity index (χ1v) is 9.41.